The minimum Gasteiger partial charge on any atom is -0.297 e. The summed E-state index contributed by atoms with van der Waals surface area (Å²) in [5.74, 6) is 0.339. The molecule has 3 rings (SSSR count). The van der Waals surface area contributed by atoms with Gasteiger partial charge in [0.25, 0.3) is 0 Å². The number of rotatable bonds is 4. The minimum atomic E-state index is -0.920. The molecule has 0 unspecified atom stereocenters. The predicted octanol–water partition coefficient (Wildman–Crippen LogP) is 3.68. The first-order chi connectivity index (χ1) is 9.16. The lowest BCUT2D eigenvalue weighted by Crippen LogP contribution is -2.37. The molecule has 0 N–H and O–H groups in total. The second-order valence-corrected chi connectivity index (χ2v) is 8.94. The van der Waals surface area contributed by atoms with Crippen LogP contribution in [0.5, 0.6) is 0 Å². The third-order valence-electron chi connectivity index (χ3n) is 5.34. The number of halogens is 2. The highest BCUT2D eigenvalue weighted by atomic mass is 35.5. The molecule has 0 aromatic rings. The number of hydrogen-bond acceptors (Lipinski definition) is 2. The van der Waals surface area contributed by atoms with Crippen LogP contribution >= 0.6 is 23.2 Å². The van der Waals surface area contributed by atoms with Gasteiger partial charge in [0.05, 0.1) is 11.8 Å². The van der Waals surface area contributed by atoms with Gasteiger partial charge in [-0.3, -0.25) is 9.59 Å². The Morgan fingerprint density at radius 2 is 1.15 bits per heavy atom. The molecule has 20 heavy (non-hydrogen) atoms. The van der Waals surface area contributed by atoms with Gasteiger partial charge in [0.15, 0.2) is 11.6 Å². The van der Waals surface area contributed by atoms with Crippen molar-refractivity contribution in [3.8, 4) is 0 Å². The van der Waals surface area contributed by atoms with Crippen LogP contribution in [0.1, 0.15) is 40.5 Å². The molecule has 3 aliphatic rings. The summed E-state index contributed by atoms with van der Waals surface area (Å²) in [5.41, 5.74) is 0. The SMILES string of the molecule is CC(C)C[C@@H]1[C@H]2C(=O)[C@]3(Cl)[C@@H](CC(C)C)[C@@H]3C(=O)[C@@]12Cl. The van der Waals surface area contributed by atoms with Crippen molar-refractivity contribution in [1.29, 1.82) is 0 Å². The van der Waals surface area contributed by atoms with E-state index in [4.69, 9.17) is 23.2 Å². The van der Waals surface area contributed by atoms with E-state index in [0.717, 1.165) is 12.8 Å². The highest BCUT2D eigenvalue weighted by Gasteiger charge is 2.87. The highest BCUT2D eigenvalue weighted by Crippen LogP contribution is 2.75. The zero-order chi connectivity index (χ0) is 15.0. The normalized spacial score (nSPS) is 49.4. The molecule has 0 bridgehead atoms. The molecule has 0 heterocycles. The maximum absolute atomic E-state index is 12.7. The van der Waals surface area contributed by atoms with Crippen LogP contribution in [0.2, 0.25) is 0 Å². The van der Waals surface area contributed by atoms with Crippen molar-refractivity contribution in [3.05, 3.63) is 0 Å². The van der Waals surface area contributed by atoms with Gasteiger partial charge in [-0.25, -0.2) is 0 Å². The molecule has 0 radical (unpaired) electrons. The molecule has 2 nitrogen and oxygen atoms in total. The van der Waals surface area contributed by atoms with Gasteiger partial charge in [-0.05, 0) is 36.5 Å². The number of carbonyl (C=O) groups excluding carboxylic acids is 2. The Morgan fingerprint density at radius 1 is 0.850 bits per heavy atom. The predicted molar refractivity (Wildman–Crippen MR) is 80.1 cm³/mol. The summed E-state index contributed by atoms with van der Waals surface area (Å²) in [6.07, 6.45) is 1.67. The maximum Gasteiger partial charge on any atom is 0.160 e. The van der Waals surface area contributed by atoms with Gasteiger partial charge in [0, 0.05) is 0 Å². The zero-order valence-electron chi connectivity index (χ0n) is 12.5. The molecule has 0 saturated heterocycles. The fraction of sp³-hybridized carbons (Fsp3) is 0.875. The van der Waals surface area contributed by atoms with Crippen molar-refractivity contribution in [1.82, 2.24) is 0 Å². The maximum atomic E-state index is 12.7. The van der Waals surface area contributed by atoms with Crippen LogP contribution < -0.4 is 0 Å². The molecular weight excluding hydrogens is 295 g/mol. The first kappa shape index (κ1) is 14.8. The van der Waals surface area contributed by atoms with Crippen molar-refractivity contribution in [2.24, 2.45) is 35.5 Å². The van der Waals surface area contributed by atoms with Crippen molar-refractivity contribution in [2.45, 2.75) is 50.3 Å². The molecule has 112 valence electrons. The lowest BCUT2D eigenvalue weighted by atomic mass is 9.97. The molecule has 6 atom stereocenters. The van der Waals surface area contributed by atoms with Gasteiger partial charge < -0.3 is 0 Å². The Balaban J connectivity index is 1.85. The lowest BCUT2D eigenvalue weighted by molar-refractivity contribution is -0.129. The first-order valence-electron chi connectivity index (χ1n) is 7.63. The summed E-state index contributed by atoms with van der Waals surface area (Å²) in [7, 11) is 0. The Bertz CT molecular complexity index is 443. The molecule has 3 saturated carbocycles. The summed E-state index contributed by atoms with van der Waals surface area (Å²) >= 11 is 13.1. The number of alkyl halides is 2. The molecule has 3 fully saturated rings. The monoisotopic (exact) mass is 316 g/mol. The van der Waals surface area contributed by atoms with Crippen LogP contribution in [0, 0.1) is 35.5 Å². The number of hydrogen-bond donors (Lipinski definition) is 0. The van der Waals surface area contributed by atoms with E-state index in [-0.39, 0.29) is 35.2 Å². The molecule has 0 amide bonds. The lowest BCUT2D eigenvalue weighted by Gasteiger charge is -2.16. The summed E-state index contributed by atoms with van der Waals surface area (Å²) in [5, 5.41) is 0. The second-order valence-electron chi connectivity index (χ2n) is 7.69. The molecular formula is C16H22Cl2O2. The summed E-state index contributed by atoms with van der Waals surface area (Å²) in [6.45, 7) is 8.38. The minimum absolute atomic E-state index is 0.00675. The Hall–Kier alpha value is -0.0800. The molecule has 0 aromatic carbocycles. The molecule has 3 aliphatic carbocycles. The Morgan fingerprint density at radius 3 is 1.40 bits per heavy atom. The third kappa shape index (κ3) is 1.64. The van der Waals surface area contributed by atoms with E-state index in [1.807, 2.05) is 0 Å². The van der Waals surface area contributed by atoms with E-state index in [2.05, 4.69) is 27.7 Å². The Kier molecular flexibility index (Phi) is 3.14. The summed E-state index contributed by atoms with van der Waals surface area (Å²) in [6, 6.07) is 0. The van der Waals surface area contributed by atoms with Crippen LogP contribution in [0.15, 0.2) is 0 Å². The van der Waals surface area contributed by atoms with E-state index < -0.39 is 9.75 Å². The van der Waals surface area contributed by atoms with Crippen LogP contribution in [-0.2, 0) is 9.59 Å². The van der Waals surface area contributed by atoms with Crippen LogP contribution in [0.25, 0.3) is 0 Å². The van der Waals surface area contributed by atoms with Gasteiger partial charge in [-0.15, -0.1) is 23.2 Å². The van der Waals surface area contributed by atoms with Gasteiger partial charge in [-0.2, -0.15) is 0 Å². The Labute approximate surface area is 130 Å². The molecule has 0 aliphatic heterocycles. The zero-order valence-corrected chi connectivity index (χ0v) is 14.0. The molecule has 0 aromatic heterocycles. The summed E-state index contributed by atoms with van der Waals surface area (Å²) < 4.78 is 0. The highest BCUT2D eigenvalue weighted by molar-refractivity contribution is 6.51. The molecule has 4 heteroatoms. The largest absolute Gasteiger partial charge is 0.297 e. The smallest absolute Gasteiger partial charge is 0.160 e. The van der Waals surface area contributed by atoms with E-state index in [1.165, 1.54) is 0 Å². The van der Waals surface area contributed by atoms with Gasteiger partial charge in [0.2, 0.25) is 0 Å². The van der Waals surface area contributed by atoms with Crippen molar-refractivity contribution >= 4 is 34.8 Å². The topological polar surface area (TPSA) is 34.1 Å². The number of fused-ring (bicyclic) bond motifs is 2. The van der Waals surface area contributed by atoms with Gasteiger partial charge in [0.1, 0.15) is 9.75 Å². The van der Waals surface area contributed by atoms with E-state index in [0.29, 0.717) is 11.8 Å². The van der Waals surface area contributed by atoms with E-state index >= 15 is 0 Å². The number of Topliss-reactive ketones (excluding diaryl/α,β-unsaturated/α-hetero) is 2. The number of carbonyl (C=O) groups is 2. The van der Waals surface area contributed by atoms with Crippen LogP contribution in [0.4, 0.5) is 0 Å². The third-order valence-corrected chi connectivity index (χ3v) is 6.75. The first-order valence-corrected chi connectivity index (χ1v) is 8.38. The average Bonchev–Trinajstić information content (AvgIpc) is 3.11. The van der Waals surface area contributed by atoms with Crippen LogP contribution in [-0.4, -0.2) is 21.3 Å². The van der Waals surface area contributed by atoms with Gasteiger partial charge >= 0.3 is 0 Å². The van der Waals surface area contributed by atoms with Crippen molar-refractivity contribution in [3.63, 3.8) is 0 Å². The van der Waals surface area contributed by atoms with Crippen LogP contribution in [0.3, 0.4) is 0 Å². The van der Waals surface area contributed by atoms with Gasteiger partial charge in [-0.1, -0.05) is 27.7 Å². The molecule has 0 spiro atoms. The standard InChI is InChI=1S/C16H22Cl2O2/c1-7(2)5-9-11-13(19)16(18)10(6-8(3)4)12(16)14(20)15(9,11)17/h7-12H,5-6H2,1-4H3/t9-,10+,11+,12-,15-,16+. The van der Waals surface area contributed by atoms with E-state index in [9.17, 15) is 9.59 Å². The van der Waals surface area contributed by atoms with Crippen molar-refractivity contribution < 1.29 is 9.59 Å². The summed E-state index contributed by atoms with van der Waals surface area (Å²) in [4.78, 5) is 23.6. The number of ketones is 2. The fourth-order valence-electron chi connectivity index (χ4n) is 4.38. The fourth-order valence-corrected chi connectivity index (χ4v) is 5.42. The quantitative estimate of drug-likeness (QED) is 0.741. The van der Waals surface area contributed by atoms with E-state index in [1.54, 1.807) is 0 Å². The average molecular weight is 317 g/mol. The second kappa shape index (κ2) is 4.23. The van der Waals surface area contributed by atoms with Crippen molar-refractivity contribution in [2.75, 3.05) is 0 Å².